The van der Waals surface area contributed by atoms with Crippen molar-refractivity contribution < 1.29 is 9.90 Å². The Morgan fingerprint density at radius 1 is 1.48 bits per heavy atom. The summed E-state index contributed by atoms with van der Waals surface area (Å²) in [5.74, 6) is 0.0908. The Morgan fingerprint density at radius 3 is 2.74 bits per heavy atom. The van der Waals surface area contributed by atoms with Crippen LogP contribution < -0.4 is 10.9 Å². The van der Waals surface area contributed by atoms with Crippen LogP contribution in [0.1, 0.15) is 29.0 Å². The van der Waals surface area contributed by atoms with Crippen molar-refractivity contribution in [2.24, 2.45) is 0 Å². The maximum atomic E-state index is 12.3. The summed E-state index contributed by atoms with van der Waals surface area (Å²) in [4.78, 5) is 32.4. The molecule has 0 bridgehead atoms. The van der Waals surface area contributed by atoms with Crippen molar-refractivity contribution in [3.63, 3.8) is 0 Å². The summed E-state index contributed by atoms with van der Waals surface area (Å²) in [5, 5.41) is 15.6. The van der Waals surface area contributed by atoms with E-state index in [0.29, 0.717) is 5.82 Å². The van der Waals surface area contributed by atoms with E-state index in [1.165, 1.54) is 6.20 Å². The molecule has 2 aromatic heterocycles. The van der Waals surface area contributed by atoms with Crippen molar-refractivity contribution in [2.45, 2.75) is 25.4 Å². The van der Waals surface area contributed by atoms with Crippen LogP contribution in [0.4, 0.5) is 0 Å². The normalized spacial score (nSPS) is 11.4. The zero-order chi connectivity index (χ0) is 17.0. The fourth-order valence-electron chi connectivity index (χ4n) is 2.22. The molecule has 1 amide bonds. The van der Waals surface area contributed by atoms with Crippen molar-refractivity contribution >= 4 is 11.7 Å². The molecule has 0 fully saturated rings. The summed E-state index contributed by atoms with van der Waals surface area (Å²) in [6, 6.07) is 0. The molecule has 0 atom stereocenters. The number of rotatable bonds is 7. The molecular formula is C15H19N5O3. The molecule has 2 rings (SSSR count). The van der Waals surface area contributed by atoms with Gasteiger partial charge in [0, 0.05) is 12.7 Å². The van der Waals surface area contributed by atoms with Crippen LogP contribution in [0.2, 0.25) is 0 Å². The SMILES string of the molecule is C=CCC(O)(CC=C)CNC(=O)c1cnc2nc(C)[nH]n2c1=O. The maximum absolute atomic E-state index is 12.3. The average Bonchev–Trinajstić information content (AvgIpc) is 2.87. The molecule has 0 radical (unpaired) electrons. The fourth-order valence-corrected chi connectivity index (χ4v) is 2.22. The van der Waals surface area contributed by atoms with Crippen LogP contribution in [-0.2, 0) is 0 Å². The van der Waals surface area contributed by atoms with Crippen LogP contribution in [0.25, 0.3) is 5.78 Å². The molecule has 2 heterocycles. The highest BCUT2D eigenvalue weighted by Gasteiger charge is 2.25. The Hall–Kier alpha value is -2.74. The lowest BCUT2D eigenvalue weighted by Crippen LogP contribution is -2.43. The van der Waals surface area contributed by atoms with E-state index in [1.807, 2.05) is 0 Å². The first-order valence-electron chi connectivity index (χ1n) is 7.07. The van der Waals surface area contributed by atoms with Crippen molar-refractivity contribution in [3.8, 4) is 0 Å². The minimum absolute atomic E-state index is 0.0337. The van der Waals surface area contributed by atoms with Crippen molar-refractivity contribution in [3.05, 3.63) is 53.2 Å². The molecule has 23 heavy (non-hydrogen) atoms. The van der Waals surface area contributed by atoms with Crippen LogP contribution in [0, 0.1) is 6.92 Å². The third kappa shape index (κ3) is 3.54. The quantitative estimate of drug-likeness (QED) is 0.637. The highest BCUT2D eigenvalue weighted by atomic mass is 16.3. The lowest BCUT2D eigenvalue weighted by Gasteiger charge is -2.25. The van der Waals surface area contributed by atoms with Crippen molar-refractivity contribution in [2.75, 3.05) is 6.54 Å². The molecule has 0 saturated heterocycles. The van der Waals surface area contributed by atoms with E-state index in [0.717, 1.165) is 4.52 Å². The second-order valence-corrected chi connectivity index (χ2v) is 5.31. The maximum Gasteiger partial charge on any atom is 0.286 e. The Labute approximate surface area is 132 Å². The molecule has 2 aromatic rings. The molecule has 0 spiro atoms. The first-order valence-corrected chi connectivity index (χ1v) is 7.07. The number of aromatic amines is 1. The van der Waals surface area contributed by atoms with E-state index in [4.69, 9.17) is 0 Å². The highest BCUT2D eigenvalue weighted by Crippen LogP contribution is 2.15. The zero-order valence-corrected chi connectivity index (χ0v) is 12.9. The number of amides is 1. The summed E-state index contributed by atoms with van der Waals surface area (Å²) >= 11 is 0. The van der Waals surface area contributed by atoms with Crippen LogP contribution in [0.5, 0.6) is 0 Å². The van der Waals surface area contributed by atoms with Crippen LogP contribution in [0.15, 0.2) is 36.3 Å². The first kappa shape index (κ1) is 16.6. The molecule has 122 valence electrons. The Morgan fingerprint density at radius 2 is 2.13 bits per heavy atom. The first-order chi connectivity index (χ1) is 10.9. The lowest BCUT2D eigenvalue weighted by molar-refractivity contribution is 0.0437. The summed E-state index contributed by atoms with van der Waals surface area (Å²) in [5.41, 5.74) is -1.87. The number of carbonyl (C=O) groups is 1. The van der Waals surface area contributed by atoms with E-state index < -0.39 is 17.1 Å². The second-order valence-electron chi connectivity index (χ2n) is 5.31. The van der Waals surface area contributed by atoms with Crippen LogP contribution in [0.3, 0.4) is 0 Å². The van der Waals surface area contributed by atoms with Gasteiger partial charge in [0.1, 0.15) is 11.4 Å². The molecule has 0 aliphatic rings. The Kier molecular flexibility index (Phi) is 4.75. The molecule has 0 aromatic carbocycles. The van der Waals surface area contributed by atoms with E-state index in [2.05, 4.69) is 33.5 Å². The van der Waals surface area contributed by atoms with E-state index in [1.54, 1.807) is 19.1 Å². The van der Waals surface area contributed by atoms with Gasteiger partial charge in [-0.1, -0.05) is 12.2 Å². The molecule has 0 aliphatic carbocycles. The van der Waals surface area contributed by atoms with Crippen molar-refractivity contribution in [1.82, 2.24) is 24.9 Å². The molecule has 0 aliphatic heterocycles. The van der Waals surface area contributed by atoms with Gasteiger partial charge in [0.2, 0.25) is 0 Å². The van der Waals surface area contributed by atoms with Crippen LogP contribution in [-0.4, -0.2) is 42.7 Å². The van der Waals surface area contributed by atoms with Gasteiger partial charge in [-0.15, -0.1) is 13.2 Å². The van der Waals surface area contributed by atoms with Gasteiger partial charge in [0.25, 0.3) is 17.2 Å². The largest absolute Gasteiger partial charge is 0.387 e. The number of aliphatic hydroxyl groups is 1. The number of aryl methyl sites for hydroxylation is 1. The topological polar surface area (TPSA) is 112 Å². The second kappa shape index (κ2) is 6.57. The molecule has 8 heteroatoms. The van der Waals surface area contributed by atoms with Gasteiger partial charge in [0.05, 0.1) is 5.60 Å². The molecule has 8 nitrogen and oxygen atoms in total. The monoisotopic (exact) mass is 317 g/mol. The minimum atomic E-state index is -1.18. The van der Waals surface area contributed by atoms with E-state index in [9.17, 15) is 14.7 Å². The predicted molar refractivity (Wildman–Crippen MR) is 85.3 cm³/mol. The number of nitrogens with zero attached hydrogens (tertiary/aromatic N) is 3. The third-order valence-corrected chi connectivity index (χ3v) is 3.36. The summed E-state index contributed by atoms with van der Waals surface area (Å²) in [6.45, 7) is 8.81. The predicted octanol–water partition coefficient (Wildman–Crippen LogP) is 0.339. The Bertz CT molecular complexity index is 795. The third-order valence-electron chi connectivity index (χ3n) is 3.36. The summed E-state index contributed by atoms with van der Waals surface area (Å²) in [6.07, 6.45) is 4.87. The van der Waals surface area contributed by atoms with Gasteiger partial charge < -0.3 is 10.4 Å². The lowest BCUT2D eigenvalue weighted by atomic mass is 9.95. The fraction of sp³-hybridized carbons (Fsp3) is 0.333. The number of H-pyrrole nitrogens is 1. The van der Waals surface area contributed by atoms with Gasteiger partial charge in [-0.3, -0.25) is 14.7 Å². The number of nitrogens with one attached hydrogen (secondary N) is 2. The van der Waals surface area contributed by atoms with Gasteiger partial charge >= 0.3 is 0 Å². The molecule has 3 N–H and O–H groups in total. The number of hydrogen-bond donors (Lipinski definition) is 3. The summed E-state index contributed by atoms with van der Waals surface area (Å²) in [7, 11) is 0. The van der Waals surface area contributed by atoms with Gasteiger partial charge in [0.15, 0.2) is 0 Å². The van der Waals surface area contributed by atoms with Crippen LogP contribution >= 0.6 is 0 Å². The highest BCUT2D eigenvalue weighted by molar-refractivity contribution is 5.93. The van der Waals surface area contributed by atoms with Crippen molar-refractivity contribution in [1.29, 1.82) is 0 Å². The van der Waals surface area contributed by atoms with E-state index >= 15 is 0 Å². The number of hydrogen-bond acceptors (Lipinski definition) is 5. The zero-order valence-electron chi connectivity index (χ0n) is 12.9. The number of carbonyl (C=O) groups excluding carboxylic acids is 1. The standard InChI is InChI=1S/C15H19N5O3/c1-4-6-15(23,7-5-2)9-17-12(21)11-8-16-14-18-10(3)19-20(14)13(11)22/h4-5,8,23H,1-2,6-7,9H2,3H3,(H,17,21)(H,16,18,19). The summed E-state index contributed by atoms with van der Waals surface area (Å²) < 4.78 is 1.10. The van der Waals surface area contributed by atoms with Gasteiger partial charge in [-0.2, -0.15) is 9.50 Å². The average molecular weight is 317 g/mol. The molecule has 0 saturated carbocycles. The van der Waals surface area contributed by atoms with E-state index in [-0.39, 0.29) is 30.7 Å². The Balaban J connectivity index is 2.20. The van der Waals surface area contributed by atoms with Gasteiger partial charge in [-0.05, 0) is 19.8 Å². The smallest absolute Gasteiger partial charge is 0.286 e. The number of fused-ring (bicyclic) bond motifs is 1. The molecule has 0 unspecified atom stereocenters. The van der Waals surface area contributed by atoms with Gasteiger partial charge in [-0.25, -0.2) is 4.98 Å². The number of aromatic nitrogens is 4. The minimum Gasteiger partial charge on any atom is -0.387 e. The molecular weight excluding hydrogens is 298 g/mol.